The fraction of sp³-hybridized carbons (Fsp3) is 0.474. The van der Waals surface area contributed by atoms with Crippen LogP contribution in [0.25, 0.3) is 11.3 Å². The predicted octanol–water partition coefficient (Wildman–Crippen LogP) is 3.27. The summed E-state index contributed by atoms with van der Waals surface area (Å²) >= 11 is 0. The molecule has 6 nitrogen and oxygen atoms in total. The number of piperidine rings is 1. The molecule has 0 radical (unpaired) electrons. The molecule has 25 heavy (non-hydrogen) atoms. The molecule has 134 valence electrons. The Balaban J connectivity index is 1.80. The van der Waals surface area contributed by atoms with Crippen LogP contribution in [-0.2, 0) is 16.1 Å². The number of rotatable bonds is 6. The Morgan fingerprint density at radius 1 is 1.40 bits per heavy atom. The van der Waals surface area contributed by atoms with Crippen LogP contribution in [0.5, 0.6) is 5.75 Å². The molecule has 3 rings (SSSR count). The number of esters is 1. The van der Waals surface area contributed by atoms with Gasteiger partial charge in [0, 0.05) is 17.7 Å². The maximum absolute atomic E-state index is 12.3. The summed E-state index contributed by atoms with van der Waals surface area (Å²) in [6, 6.07) is 7.50. The van der Waals surface area contributed by atoms with E-state index in [1.54, 1.807) is 13.3 Å². The smallest absolute Gasteiger partial charge is 0.323 e. The molecule has 1 aliphatic rings. The maximum Gasteiger partial charge on any atom is 0.323 e. The molecule has 2 aromatic rings. The van der Waals surface area contributed by atoms with E-state index in [2.05, 4.69) is 10.1 Å². The second-order valence-corrected chi connectivity index (χ2v) is 6.15. The first-order valence-electron chi connectivity index (χ1n) is 8.71. The normalized spacial score (nSPS) is 18.1. The van der Waals surface area contributed by atoms with E-state index in [0.29, 0.717) is 18.9 Å². The van der Waals surface area contributed by atoms with Gasteiger partial charge in [-0.15, -0.1) is 0 Å². The Bertz CT molecular complexity index is 713. The van der Waals surface area contributed by atoms with Crippen molar-refractivity contribution in [3.05, 3.63) is 36.0 Å². The van der Waals surface area contributed by atoms with Gasteiger partial charge < -0.3 is 14.0 Å². The quantitative estimate of drug-likeness (QED) is 0.750. The SMILES string of the molecule is CCOC(=O)[C@H]1CCCCN1Cc1cnoc1-c1cccc(OC)c1. The van der Waals surface area contributed by atoms with E-state index >= 15 is 0 Å². The molecule has 1 atom stereocenters. The van der Waals surface area contributed by atoms with Crippen LogP contribution in [0.4, 0.5) is 0 Å². The average molecular weight is 344 g/mol. The lowest BCUT2D eigenvalue weighted by Crippen LogP contribution is -2.44. The van der Waals surface area contributed by atoms with Gasteiger partial charge in [0.1, 0.15) is 11.8 Å². The summed E-state index contributed by atoms with van der Waals surface area (Å²) in [5.41, 5.74) is 1.88. The largest absolute Gasteiger partial charge is 0.497 e. The van der Waals surface area contributed by atoms with E-state index in [-0.39, 0.29) is 12.0 Å². The van der Waals surface area contributed by atoms with Gasteiger partial charge in [-0.3, -0.25) is 9.69 Å². The highest BCUT2D eigenvalue weighted by Gasteiger charge is 2.30. The van der Waals surface area contributed by atoms with Crippen molar-refractivity contribution in [2.45, 2.75) is 38.8 Å². The number of carbonyl (C=O) groups excluding carboxylic acids is 1. The number of benzene rings is 1. The number of carbonyl (C=O) groups is 1. The van der Waals surface area contributed by atoms with E-state index in [1.165, 1.54) is 0 Å². The summed E-state index contributed by atoms with van der Waals surface area (Å²) in [6.45, 7) is 3.73. The number of aromatic nitrogens is 1. The lowest BCUT2D eigenvalue weighted by molar-refractivity contribution is -0.151. The molecule has 1 aromatic heterocycles. The number of hydrogen-bond donors (Lipinski definition) is 0. The van der Waals surface area contributed by atoms with Gasteiger partial charge in [0.15, 0.2) is 5.76 Å². The summed E-state index contributed by atoms with van der Waals surface area (Å²) in [6.07, 6.45) is 4.69. The topological polar surface area (TPSA) is 64.8 Å². The molecule has 1 aromatic carbocycles. The van der Waals surface area contributed by atoms with Crippen molar-refractivity contribution < 1.29 is 18.8 Å². The first kappa shape index (κ1) is 17.5. The zero-order valence-electron chi connectivity index (χ0n) is 14.7. The maximum atomic E-state index is 12.3. The molecule has 0 bridgehead atoms. The van der Waals surface area contributed by atoms with E-state index in [0.717, 1.165) is 42.7 Å². The Morgan fingerprint density at radius 2 is 2.28 bits per heavy atom. The molecule has 1 saturated heterocycles. The second-order valence-electron chi connectivity index (χ2n) is 6.15. The molecule has 0 aliphatic carbocycles. The van der Waals surface area contributed by atoms with E-state index in [4.69, 9.17) is 14.0 Å². The van der Waals surface area contributed by atoms with Gasteiger partial charge in [0.2, 0.25) is 0 Å². The first-order chi connectivity index (χ1) is 12.2. The van der Waals surface area contributed by atoms with Crippen molar-refractivity contribution in [2.24, 2.45) is 0 Å². The summed E-state index contributed by atoms with van der Waals surface area (Å²) in [4.78, 5) is 14.4. The zero-order chi connectivity index (χ0) is 17.6. The number of likely N-dealkylation sites (tertiary alicyclic amines) is 1. The number of nitrogens with zero attached hydrogens (tertiary/aromatic N) is 2. The molecule has 0 spiro atoms. The minimum absolute atomic E-state index is 0.137. The monoisotopic (exact) mass is 344 g/mol. The third-order valence-electron chi connectivity index (χ3n) is 4.52. The molecular formula is C19H24N2O4. The summed E-state index contributed by atoms with van der Waals surface area (Å²) in [7, 11) is 1.64. The predicted molar refractivity (Wildman–Crippen MR) is 93.2 cm³/mol. The van der Waals surface area contributed by atoms with Crippen molar-refractivity contribution in [2.75, 3.05) is 20.3 Å². The minimum Gasteiger partial charge on any atom is -0.497 e. The first-order valence-corrected chi connectivity index (χ1v) is 8.71. The summed E-state index contributed by atoms with van der Waals surface area (Å²) in [5, 5.41) is 3.97. The highest BCUT2D eigenvalue weighted by Crippen LogP contribution is 2.29. The molecule has 0 N–H and O–H groups in total. The Hall–Kier alpha value is -2.34. The Labute approximate surface area is 147 Å². The second kappa shape index (κ2) is 8.16. The van der Waals surface area contributed by atoms with E-state index in [1.807, 2.05) is 31.2 Å². The molecule has 2 heterocycles. The van der Waals surface area contributed by atoms with Crippen LogP contribution in [0.2, 0.25) is 0 Å². The lowest BCUT2D eigenvalue weighted by Gasteiger charge is -2.33. The highest BCUT2D eigenvalue weighted by molar-refractivity contribution is 5.76. The highest BCUT2D eigenvalue weighted by atomic mass is 16.5. The van der Waals surface area contributed by atoms with Crippen LogP contribution in [-0.4, -0.2) is 42.3 Å². The number of ether oxygens (including phenoxy) is 2. The van der Waals surface area contributed by atoms with Crippen molar-refractivity contribution in [3.8, 4) is 17.1 Å². The van der Waals surface area contributed by atoms with Gasteiger partial charge in [-0.2, -0.15) is 0 Å². The van der Waals surface area contributed by atoms with Gasteiger partial charge >= 0.3 is 5.97 Å². The zero-order valence-corrected chi connectivity index (χ0v) is 14.7. The third kappa shape index (κ3) is 4.02. The number of hydrogen-bond acceptors (Lipinski definition) is 6. The number of methoxy groups -OCH3 is 1. The van der Waals surface area contributed by atoms with Crippen molar-refractivity contribution in [1.29, 1.82) is 0 Å². The summed E-state index contributed by atoms with van der Waals surface area (Å²) in [5.74, 6) is 1.34. The standard InChI is InChI=1S/C19H24N2O4/c1-3-24-19(22)17-9-4-5-10-21(17)13-15-12-20-25-18(15)14-7-6-8-16(11-14)23-2/h6-8,11-12,17H,3-5,9-10,13H2,1-2H3/t17-/m1/s1. The molecule has 0 saturated carbocycles. The minimum atomic E-state index is -0.193. The van der Waals surface area contributed by atoms with Crippen LogP contribution in [0.3, 0.4) is 0 Å². The van der Waals surface area contributed by atoms with Crippen LogP contribution in [0.15, 0.2) is 35.0 Å². The van der Waals surface area contributed by atoms with E-state index in [9.17, 15) is 4.79 Å². The fourth-order valence-electron chi connectivity index (χ4n) is 3.28. The third-order valence-corrected chi connectivity index (χ3v) is 4.52. The van der Waals surface area contributed by atoms with Gasteiger partial charge in [-0.1, -0.05) is 23.7 Å². The molecular weight excluding hydrogens is 320 g/mol. The lowest BCUT2D eigenvalue weighted by atomic mass is 10.0. The van der Waals surface area contributed by atoms with Gasteiger partial charge in [0.05, 0.1) is 19.9 Å². The van der Waals surface area contributed by atoms with Crippen LogP contribution in [0.1, 0.15) is 31.7 Å². The molecule has 0 amide bonds. The van der Waals surface area contributed by atoms with Gasteiger partial charge in [0.25, 0.3) is 0 Å². The molecule has 1 fully saturated rings. The van der Waals surface area contributed by atoms with Crippen molar-refractivity contribution >= 4 is 5.97 Å². The average Bonchev–Trinajstić information content (AvgIpc) is 3.10. The van der Waals surface area contributed by atoms with Crippen LogP contribution >= 0.6 is 0 Å². The molecule has 0 unspecified atom stereocenters. The molecule has 6 heteroatoms. The van der Waals surface area contributed by atoms with Crippen molar-refractivity contribution in [3.63, 3.8) is 0 Å². The summed E-state index contributed by atoms with van der Waals surface area (Å²) < 4.78 is 16.0. The Morgan fingerprint density at radius 3 is 3.08 bits per heavy atom. The van der Waals surface area contributed by atoms with Crippen LogP contribution in [0, 0.1) is 0 Å². The fourth-order valence-corrected chi connectivity index (χ4v) is 3.28. The van der Waals surface area contributed by atoms with Gasteiger partial charge in [-0.25, -0.2) is 0 Å². The molecule has 1 aliphatic heterocycles. The van der Waals surface area contributed by atoms with Crippen molar-refractivity contribution in [1.82, 2.24) is 10.1 Å². The Kier molecular flexibility index (Phi) is 5.71. The van der Waals surface area contributed by atoms with E-state index < -0.39 is 0 Å². The van der Waals surface area contributed by atoms with Crippen LogP contribution < -0.4 is 4.74 Å². The van der Waals surface area contributed by atoms with Gasteiger partial charge in [-0.05, 0) is 38.4 Å².